The van der Waals surface area contributed by atoms with Gasteiger partial charge in [-0.05, 0) is 30.9 Å². The molecule has 0 fully saturated rings. The molecule has 3 heteroatoms. The first-order valence-corrected chi connectivity index (χ1v) is 7.49. The lowest BCUT2D eigenvalue weighted by atomic mass is 9.93. The van der Waals surface area contributed by atoms with Crippen molar-refractivity contribution >= 4 is 5.91 Å². The standard InChI is InChI=1S/C17H22N2O/c1-13-16(8-4-5-10-18-13)17(20)19-11-9-14-6-2-3-7-15(14)12-19/h2-7,13,16,18H,8-12H2,1H3/t13-,16-/m0/s1. The lowest BCUT2D eigenvalue weighted by Crippen LogP contribution is -2.46. The number of nitrogens with one attached hydrogen (secondary N) is 1. The molecule has 1 aromatic rings. The summed E-state index contributed by atoms with van der Waals surface area (Å²) >= 11 is 0. The van der Waals surface area contributed by atoms with Gasteiger partial charge in [-0.25, -0.2) is 0 Å². The van der Waals surface area contributed by atoms with Crippen LogP contribution < -0.4 is 5.32 Å². The number of amides is 1. The Bertz CT molecular complexity index is 523. The Kier molecular flexibility index (Phi) is 3.88. The number of rotatable bonds is 1. The second kappa shape index (κ2) is 5.80. The molecule has 1 N–H and O–H groups in total. The van der Waals surface area contributed by atoms with Gasteiger partial charge in [-0.15, -0.1) is 0 Å². The third-order valence-electron chi connectivity index (χ3n) is 4.48. The molecule has 0 saturated carbocycles. The highest BCUT2D eigenvalue weighted by molar-refractivity contribution is 5.80. The molecule has 1 aromatic carbocycles. The quantitative estimate of drug-likeness (QED) is 0.793. The van der Waals surface area contributed by atoms with Gasteiger partial charge < -0.3 is 10.2 Å². The molecule has 2 heterocycles. The molecule has 0 radical (unpaired) electrons. The van der Waals surface area contributed by atoms with Crippen LogP contribution in [0.3, 0.4) is 0 Å². The zero-order valence-corrected chi connectivity index (χ0v) is 12.0. The van der Waals surface area contributed by atoms with Crippen LogP contribution in [0.15, 0.2) is 36.4 Å². The minimum absolute atomic E-state index is 0.0685. The summed E-state index contributed by atoms with van der Waals surface area (Å²) in [6.07, 6.45) is 6.09. The molecule has 1 amide bonds. The van der Waals surface area contributed by atoms with Gasteiger partial charge in [-0.2, -0.15) is 0 Å². The molecule has 3 nitrogen and oxygen atoms in total. The second-order valence-electron chi connectivity index (χ2n) is 5.79. The van der Waals surface area contributed by atoms with Crippen molar-refractivity contribution in [3.05, 3.63) is 47.5 Å². The van der Waals surface area contributed by atoms with Crippen molar-refractivity contribution in [2.75, 3.05) is 13.1 Å². The summed E-state index contributed by atoms with van der Waals surface area (Å²) in [7, 11) is 0. The Morgan fingerprint density at radius 3 is 2.90 bits per heavy atom. The Balaban J connectivity index is 1.73. The number of hydrogen-bond donors (Lipinski definition) is 1. The largest absolute Gasteiger partial charge is 0.338 e. The maximum atomic E-state index is 12.8. The van der Waals surface area contributed by atoms with E-state index < -0.39 is 0 Å². The van der Waals surface area contributed by atoms with Crippen molar-refractivity contribution in [2.45, 2.75) is 32.4 Å². The van der Waals surface area contributed by atoms with Crippen LogP contribution in [0.1, 0.15) is 24.5 Å². The zero-order chi connectivity index (χ0) is 13.9. The first-order chi connectivity index (χ1) is 9.75. The predicted octanol–water partition coefficient (Wildman–Crippen LogP) is 2.13. The van der Waals surface area contributed by atoms with E-state index in [0.29, 0.717) is 5.91 Å². The van der Waals surface area contributed by atoms with E-state index in [1.54, 1.807) is 0 Å². The molecule has 3 rings (SSSR count). The monoisotopic (exact) mass is 270 g/mol. The molecular weight excluding hydrogens is 248 g/mol. The van der Waals surface area contributed by atoms with E-state index in [0.717, 1.165) is 32.5 Å². The van der Waals surface area contributed by atoms with E-state index in [4.69, 9.17) is 0 Å². The molecule has 0 unspecified atom stereocenters. The van der Waals surface area contributed by atoms with Crippen molar-refractivity contribution in [1.29, 1.82) is 0 Å². The van der Waals surface area contributed by atoms with Crippen LogP contribution in [0.2, 0.25) is 0 Å². The van der Waals surface area contributed by atoms with Crippen molar-refractivity contribution in [2.24, 2.45) is 5.92 Å². The van der Waals surface area contributed by atoms with Crippen molar-refractivity contribution < 1.29 is 4.79 Å². The third kappa shape index (κ3) is 2.63. The van der Waals surface area contributed by atoms with Gasteiger partial charge in [0, 0.05) is 25.7 Å². The van der Waals surface area contributed by atoms with Gasteiger partial charge in [0.05, 0.1) is 5.92 Å². The van der Waals surface area contributed by atoms with E-state index in [-0.39, 0.29) is 12.0 Å². The SMILES string of the molecule is C[C@@H]1NCC=CC[C@@H]1C(=O)N1CCc2ccccc2C1. The van der Waals surface area contributed by atoms with Gasteiger partial charge in [0.1, 0.15) is 0 Å². The minimum atomic E-state index is 0.0685. The normalized spacial score (nSPS) is 25.9. The maximum Gasteiger partial charge on any atom is 0.227 e. The highest BCUT2D eigenvalue weighted by Gasteiger charge is 2.30. The van der Waals surface area contributed by atoms with Crippen LogP contribution in [-0.2, 0) is 17.8 Å². The van der Waals surface area contributed by atoms with E-state index in [1.807, 2.05) is 4.90 Å². The summed E-state index contributed by atoms with van der Waals surface area (Å²) in [4.78, 5) is 14.8. The molecule has 0 saturated heterocycles. The van der Waals surface area contributed by atoms with Gasteiger partial charge in [0.25, 0.3) is 0 Å². The summed E-state index contributed by atoms with van der Waals surface area (Å²) in [5, 5.41) is 3.40. The molecular formula is C17H22N2O. The number of carbonyl (C=O) groups is 1. The molecule has 20 heavy (non-hydrogen) atoms. The summed E-state index contributed by atoms with van der Waals surface area (Å²) in [5.74, 6) is 0.366. The van der Waals surface area contributed by atoms with E-state index >= 15 is 0 Å². The molecule has 106 valence electrons. The Labute approximate surface area is 120 Å². The fourth-order valence-corrected chi connectivity index (χ4v) is 3.16. The molecule has 2 aliphatic heterocycles. The topological polar surface area (TPSA) is 32.3 Å². The molecule has 0 aliphatic carbocycles. The highest BCUT2D eigenvalue weighted by atomic mass is 16.2. The molecule has 0 bridgehead atoms. The van der Waals surface area contributed by atoms with Crippen LogP contribution in [-0.4, -0.2) is 29.9 Å². The van der Waals surface area contributed by atoms with E-state index in [9.17, 15) is 4.79 Å². The van der Waals surface area contributed by atoms with E-state index in [2.05, 4.69) is 48.7 Å². The Morgan fingerprint density at radius 1 is 1.25 bits per heavy atom. The number of hydrogen-bond acceptors (Lipinski definition) is 2. The van der Waals surface area contributed by atoms with Gasteiger partial charge >= 0.3 is 0 Å². The van der Waals surface area contributed by atoms with Crippen LogP contribution >= 0.6 is 0 Å². The fraction of sp³-hybridized carbons (Fsp3) is 0.471. The molecule has 2 aliphatic rings. The average molecular weight is 270 g/mol. The van der Waals surface area contributed by atoms with Gasteiger partial charge in [-0.1, -0.05) is 36.4 Å². The minimum Gasteiger partial charge on any atom is -0.338 e. The smallest absolute Gasteiger partial charge is 0.227 e. The summed E-state index contributed by atoms with van der Waals surface area (Å²) in [6, 6.07) is 8.71. The first kappa shape index (κ1) is 13.4. The molecule has 0 spiro atoms. The van der Waals surface area contributed by atoms with Gasteiger partial charge in [0.15, 0.2) is 0 Å². The molecule has 2 atom stereocenters. The van der Waals surface area contributed by atoms with E-state index in [1.165, 1.54) is 11.1 Å². The van der Waals surface area contributed by atoms with Crippen molar-refractivity contribution in [1.82, 2.24) is 10.2 Å². The predicted molar refractivity (Wildman–Crippen MR) is 80.3 cm³/mol. The average Bonchev–Trinajstić information content (AvgIpc) is 2.70. The van der Waals surface area contributed by atoms with Gasteiger partial charge in [-0.3, -0.25) is 4.79 Å². The first-order valence-electron chi connectivity index (χ1n) is 7.49. The Hall–Kier alpha value is -1.61. The van der Waals surface area contributed by atoms with Crippen molar-refractivity contribution in [3.63, 3.8) is 0 Å². The zero-order valence-electron chi connectivity index (χ0n) is 12.0. The lowest BCUT2D eigenvalue weighted by molar-refractivity contribution is -0.137. The number of fused-ring (bicyclic) bond motifs is 1. The van der Waals surface area contributed by atoms with Crippen LogP contribution in [0.5, 0.6) is 0 Å². The fourth-order valence-electron chi connectivity index (χ4n) is 3.16. The number of allylic oxidation sites excluding steroid dienone is 1. The molecule has 0 aromatic heterocycles. The maximum absolute atomic E-state index is 12.8. The summed E-state index contributed by atoms with van der Waals surface area (Å²) < 4.78 is 0. The van der Waals surface area contributed by atoms with Crippen LogP contribution in [0.25, 0.3) is 0 Å². The Morgan fingerprint density at radius 2 is 2.05 bits per heavy atom. The lowest BCUT2D eigenvalue weighted by Gasteiger charge is -2.33. The van der Waals surface area contributed by atoms with Crippen molar-refractivity contribution in [3.8, 4) is 0 Å². The third-order valence-corrected chi connectivity index (χ3v) is 4.48. The summed E-state index contributed by atoms with van der Waals surface area (Å²) in [5.41, 5.74) is 2.69. The number of carbonyl (C=O) groups excluding carboxylic acids is 1. The second-order valence-corrected chi connectivity index (χ2v) is 5.79. The van der Waals surface area contributed by atoms with Crippen LogP contribution in [0.4, 0.5) is 0 Å². The number of benzene rings is 1. The number of nitrogens with zero attached hydrogens (tertiary/aromatic N) is 1. The summed E-state index contributed by atoms with van der Waals surface area (Å²) in [6.45, 7) is 4.60. The highest BCUT2D eigenvalue weighted by Crippen LogP contribution is 2.23. The van der Waals surface area contributed by atoms with Gasteiger partial charge in [0.2, 0.25) is 5.91 Å². The van der Waals surface area contributed by atoms with Crippen LogP contribution in [0, 0.1) is 5.92 Å².